The van der Waals surface area contributed by atoms with Gasteiger partial charge >= 0.3 is 0 Å². The van der Waals surface area contributed by atoms with Gasteiger partial charge in [-0.25, -0.2) is 0 Å². The van der Waals surface area contributed by atoms with Crippen molar-refractivity contribution in [3.63, 3.8) is 0 Å². The average Bonchev–Trinajstić information content (AvgIpc) is 3.94. The molecule has 12 rings (SSSR count). The Bertz CT molecular complexity index is 3340. The smallest absolute Gasteiger partial charge is 0.193 e. The third kappa shape index (κ3) is 3.61. The molecule has 0 unspecified atom stereocenters. The number of carbonyl (C=O) groups excluding carboxylic acids is 1. The molecule has 0 saturated heterocycles. The molecular weight excluding hydrogens is 633 g/mol. The lowest BCUT2D eigenvalue weighted by Crippen LogP contribution is -2.00. The Morgan fingerprint density at radius 2 is 0.731 bits per heavy atom. The lowest BCUT2D eigenvalue weighted by atomic mass is 9.95. The number of hydrogen-bond donors (Lipinski definition) is 0. The van der Waals surface area contributed by atoms with E-state index in [0.717, 1.165) is 11.1 Å². The van der Waals surface area contributed by atoms with Crippen LogP contribution in [0.15, 0.2) is 170 Å². The van der Waals surface area contributed by atoms with Gasteiger partial charge in [-0.3, -0.25) is 4.79 Å². The molecule has 3 heteroatoms. The van der Waals surface area contributed by atoms with Gasteiger partial charge in [-0.2, -0.15) is 0 Å². The normalized spacial score (nSPS) is 12.3. The van der Waals surface area contributed by atoms with Crippen molar-refractivity contribution in [1.29, 1.82) is 0 Å². The topological polar surface area (TPSA) is 25.9 Å². The van der Waals surface area contributed by atoms with Gasteiger partial charge in [0.2, 0.25) is 0 Å². The van der Waals surface area contributed by atoms with E-state index in [-0.39, 0.29) is 5.78 Å². The molecule has 0 fully saturated rings. The van der Waals surface area contributed by atoms with Crippen LogP contribution in [0.1, 0.15) is 15.9 Å². The van der Waals surface area contributed by atoms with Crippen LogP contribution >= 0.6 is 0 Å². The predicted molar refractivity (Wildman–Crippen MR) is 217 cm³/mol. The number of carbonyl (C=O) groups is 1. The third-order valence-electron chi connectivity index (χ3n) is 11.3. The fourth-order valence-corrected chi connectivity index (χ4v) is 9.06. The Morgan fingerprint density at radius 1 is 0.308 bits per heavy atom. The molecular formula is C49H28N2O. The van der Waals surface area contributed by atoms with E-state index in [1.807, 2.05) is 48.5 Å². The second kappa shape index (κ2) is 10.1. The first-order valence-corrected chi connectivity index (χ1v) is 17.8. The fourth-order valence-electron chi connectivity index (χ4n) is 9.06. The fraction of sp³-hybridized carbons (Fsp3) is 0. The lowest BCUT2D eigenvalue weighted by Gasteiger charge is -2.08. The van der Waals surface area contributed by atoms with Gasteiger partial charge in [0.05, 0.1) is 33.1 Å². The number of benzene rings is 8. The molecule has 0 atom stereocenters. The summed E-state index contributed by atoms with van der Waals surface area (Å²) in [5, 5.41) is 10.1. The van der Waals surface area contributed by atoms with Crippen LogP contribution in [0.25, 0.3) is 98.4 Å². The predicted octanol–water partition coefficient (Wildman–Crippen LogP) is 12.6. The average molecular weight is 661 g/mol. The summed E-state index contributed by atoms with van der Waals surface area (Å²) in [6.07, 6.45) is 0. The van der Waals surface area contributed by atoms with Crippen molar-refractivity contribution in [2.75, 3.05) is 0 Å². The minimum Gasteiger partial charge on any atom is -0.308 e. The van der Waals surface area contributed by atoms with Crippen LogP contribution in [-0.2, 0) is 0 Å². The van der Waals surface area contributed by atoms with Crippen molar-refractivity contribution < 1.29 is 4.79 Å². The molecule has 0 aliphatic rings. The van der Waals surface area contributed by atoms with Crippen LogP contribution < -0.4 is 0 Å². The van der Waals surface area contributed by atoms with Gasteiger partial charge in [0.25, 0.3) is 0 Å². The van der Waals surface area contributed by atoms with Crippen LogP contribution in [0.3, 0.4) is 0 Å². The van der Waals surface area contributed by atoms with Crippen molar-refractivity contribution in [3.05, 3.63) is 181 Å². The minimum atomic E-state index is 0.0338. The van der Waals surface area contributed by atoms with Gasteiger partial charge in [0.1, 0.15) is 0 Å². The Hall–Kier alpha value is -6.97. The third-order valence-corrected chi connectivity index (χ3v) is 11.3. The molecule has 0 saturated carbocycles. The lowest BCUT2D eigenvalue weighted by molar-refractivity contribution is 0.103. The summed E-state index contributed by atoms with van der Waals surface area (Å²) in [6.45, 7) is 0. The minimum absolute atomic E-state index is 0.0338. The summed E-state index contributed by atoms with van der Waals surface area (Å²) < 4.78 is 4.88. The monoisotopic (exact) mass is 660 g/mol. The first kappa shape index (κ1) is 27.8. The molecule has 0 bridgehead atoms. The van der Waals surface area contributed by atoms with Crippen molar-refractivity contribution in [1.82, 2.24) is 8.80 Å². The van der Waals surface area contributed by atoms with Crippen LogP contribution in [-0.4, -0.2) is 14.6 Å². The SMILES string of the molecule is O=C(c1ccccc1)c1cccc(-c2ccc3c(c2)c2cc(-c4cc5c6ccccc6n6c7ccccc7c(c4)c56)cc4c5ccccc5n3c42)c1. The highest BCUT2D eigenvalue weighted by Gasteiger charge is 2.22. The highest BCUT2D eigenvalue weighted by molar-refractivity contribution is 6.27. The van der Waals surface area contributed by atoms with E-state index in [9.17, 15) is 4.79 Å². The first-order valence-electron chi connectivity index (χ1n) is 17.8. The number of rotatable bonds is 4. The number of hydrogen-bond acceptors (Lipinski definition) is 1. The number of ketones is 1. The number of aromatic nitrogens is 2. The van der Waals surface area contributed by atoms with E-state index in [1.54, 1.807) is 0 Å². The summed E-state index contributed by atoms with van der Waals surface area (Å²) in [7, 11) is 0. The van der Waals surface area contributed by atoms with Gasteiger partial charge < -0.3 is 8.80 Å². The largest absolute Gasteiger partial charge is 0.308 e. The second-order valence-corrected chi connectivity index (χ2v) is 14.1. The molecule has 240 valence electrons. The Labute approximate surface area is 297 Å². The maximum atomic E-state index is 13.4. The quantitative estimate of drug-likeness (QED) is 0.173. The number of para-hydroxylation sites is 3. The zero-order valence-electron chi connectivity index (χ0n) is 28.0. The Morgan fingerprint density at radius 3 is 1.29 bits per heavy atom. The van der Waals surface area contributed by atoms with Crippen LogP contribution in [0, 0.1) is 0 Å². The number of nitrogens with zero attached hydrogens (tertiary/aromatic N) is 2. The molecule has 52 heavy (non-hydrogen) atoms. The molecule has 0 spiro atoms. The summed E-state index contributed by atoms with van der Waals surface area (Å²) in [5.41, 5.74) is 13.4. The van der Waals surface area contributed by atoms with Crippen LogP contribution in [0.5, 0.6) is 0 Å². The van der Waals surface area contributed by atoms with Crippen molar-refractivity contribution in [2.45, 2.75) is 0 Å². The van der Waals surface area contributed by atoms with E-state index in [4.69, 9.17) is 0 Å². The summed E-state index contributed by atoms with van der Waals surface area (Å²) in [5.74, 6) is 0.0338. The maximum Gasteiger partial charge on any atom is 0.193 e. The van der Waals surface area contributed by atoms with Gasteiger partial charge in [0.15, 0.2) is 5.78 Å². The Kier molecular flexibility index (Phi) is 5.38. The molecule has 0 aliphatic heterocycles. The van der Waals surface area contributed by atoms with E-state index in [1.165, 1.54) is 87.3 Å². The zero-order valence-corrected chi connectivity index (χ0v) is 28.0. The highest BCUT2D eigenvalue weighted by Crippen LogP contribution is 2.45. The van der Waals surface area contributed by atoms with E-state index >= 15 is 0 Å². The molecule has 0 aliphatic carbocycles. The summed E-state index contributed by atoms with van der Waals surface area (Å²) >= 11 is 0. The molecule has 3 nitrogen and oxygen atoms in total. The van der Waals surface area contributed by atoms with E-state index in [2.05, 4.69) is 130 Å². The molecule has 0 amide bonds. The molecule has 12 aromatic rings. The molecule has 4 aromatic heterocycles. The zero-order chi connectivity index (χ0) is 34.1. The second-order valence-electron chi connectivity index (χ2n) is 14.1. The molecule has 0 radical (unpaired) electrons. The van der Waals surface area contributed by atoms with Crippen LogP contribution in [0.2, 0.25) is 0 Å². The van der Waals surface area contributed by atoms with Crippen LogP contribution in [0.4, 0.5) is 0 Å². The van der Waals surface area contributed by atoms with Crippen molar-refractivity contribution in [3.8, 4) is 22.3 Å². The maximum absolute atomic E-state index is 13.4. The summed E-state index contributed by atoms with van der Waals surface area (Å²) in [4.78, 5) is 13.4. The molecule has 8 aromatic carbocycles. The summed E-state index contributed by atoms with van der Waals surface area (Å²) in [6, 6.07) is 60.2. The number of fused-ring (bicyclic) bond motifs is 12. The molecule has 4 heterocycles. The first-order chi connectivity index (χ1) is 25.7. The van der Waals surface area contributed by atoms with Gasteiger partial charge in [0, 0.05) is 54.2 Å². The van der Waals surface area contributed by atoms with Gasteiger partial charge in [-0.15, -0.1) is 0 Å². The Balaban J connectivity index is 1.12. The molecule has 0 N–H and O–H groups in total. The highest BCUT2D eigenvalue weighted by atomic mass is 16.1. The van der Waals surface area contributed by atoms with Gasteiger partial charge in [-0.05, 0) is 82.9 Å². The van der Waals surface area contributed by atoms with Gasteiger partial charge in [-0.1, -0.05) is 109 Å². The standard InChI is InChI=1S/C49H28N2O/c52-49(29-11-2-1-3-12-29)32-14-10-13-30(23-32)31-21-22-46-38(24-31)42-28-34(27-41-37-17-6-9-20-45(37)51(46)48(41)42)33-25-39-35-15-4-7-18-43(35)50-44-19-8-5-16-36(44)40(26-33)47(39)50/h1-28H. The van der Waals surface area contributed by atoms with Crippen molar-refractivity contribution in [2.24, 2.45) is 0 Å². The van der Waals surface area contributed by atoms with E-state index in [0.29, 0.717) is 11.1 Å². The van der Waals surface area contributed by atoms with Crippen molar-refractivity contribution >= 4 is 82.0 Å². The van der Waals surface area contributed by atoms with E-state index < -0.39 is 0 Å².